The average molecular weight is 260 g/mol. The Morgan fingerprint density at radius 3 is 3.19 bits per heavy atom. The van der Waals surface area contributed by atoms with Crippen molar-refractivity contribution >= 4 is 22.4 Å². The molecular formula is C10H14ClN3OS. The largest absolute Gasteiger partial charge is 0.316 e. The van der Waals surface area contributed by atoms with Crippen molar-refractivity contribution in [2.45, 2.75) is 17.9 Å². The van der Waals surface area contributed by atoms with E-state index in [1.807, 2.05) is 0 Å². The highest BCUT2D eigenvalue weighted by molar-refractivity contribution is 7.84. The van der Waals surface area contributed by atoms with Crippen molar-refractivity contribution in [1.29, 1.82) is 0 Å². The molecule has 0 amide bonds. The normalized spacial score (nSPS) is 22.9. The van der Waals surface area contributed by atoms with E-state index in [2.05, 4.69) is 15.3 Å². The van der Waals surface area contributed by atoms with Gasteiger partial charge in [-0.1, -0.05) is 0 Å². The number of rotatable bonds is 3. The summed E-state index contributed by atoms with van der Waals surface area (Å²) in [6.45, 7) is 2.02. The molecule has 4 nitrogen and oxygen atoms in total. The molecule has 0 aromatic carbocycles. The maximum Gasteiger partial charge on any atom is 0.223 e. The summed E-state index contributed by atoms with van der Waals surface area (Å²) in [6.07, 6.45) is 3.84. The van der Waals surface area contributed by atoms with Crippen LogP contribution in [0.1, 0.15) is 12.8 Å². The maximum absolute atomic E-state index is 12.0. The van der Waals surface area contributed by atoms with Crippen molar-refractivity contribution in [1.82, 2.24) is 15.3 Å². The van der Waals surface area contributed by atoms with Crippen LogP contribution in [0.25, 0.3) is 0 Å². The van der Waals surface area contributed by atoms with Crippen molar-refractivity contribution in [2.75, 3.05) is 18.8 Å². The predicted molar refractivity (Wildman–Crippen MR) is 63.9 cm³/mol. The van der Waals surface area contributed by atoms with Gasteiger partial charge >= 0.3 is 0 Å². The number of piperidine rings is 1. The lowest BCUT2D eigenvalue weighted by Gasteiger charge is -2.21. The third-order valence-corrected chi connectivity index (χ3v) is 4.27. The molecule has 1 aromatic rings. The van der Waals surface area contributed by atoms with Gasteiger partial charge in [-0.05, 0) is 49.5 Å². The van der Waals surface area contributed by atoms with E-state index >= 15 is 0 Å². The number of nitrogens with one attached hydrogen (secondary N) is 1. The quantitative estimate of drug-likeness (QED) is 0.656. The van der Waals surface area contributed by atoms with Crippen molar-refractivity contribution < 1.29 is 4.21 Å². The van der Waals surface area contributed by atoms with Crippen LogP contribution in [0.3, 0.4) is 0 Å². The van der Waals surface area contributed by atoms with E-state index in [1.165, 1.54) is 0 Å². The highest BCUT2D eigenvalue weighted by Gasteiger charge is 2.17. The molecule has 0 radical (unpaired) electrons. The molecule has 0 unspecified atom stereocenters. The van der Waals surface area contributed by atoms with Crippen molar-refractivity contribution in [3.8, 4) is 0 Å². The molecule has 6 heteroatoms. The van der Waals surface area contributed by atoms with E-state index < -0.39 is 10.8 Å². The Morgan fingerprint density at radius 1 is 1.62 bits per heavy atom. The Bertz CT molecular complexity index is 382. The predicted octanol–water partition coefficient (Wildman–Crippen LogP) is 1.24. The second-order valence-corrected chi connectivity index (χ2v) is 5.67. The number of aromatic nitrogens is 2. The SMILES string of the molecule is O=[S@@](C[C@@H]1CCCNC1)c1ccnc(Cl)n1. The summed E-state index contributed by atoms with van der Waals surface area (Å²) < 4.78 is 12.0. The van der Waals surface area contributed by atoms with Gasteiger partial charge in [0.1, 0.15) is 5.03 Å². The van der Waals surface area contributed by atoms with Gasteiger partial charge in [-0.2, -0.15) is 0 Å². The molecule has 2 atom stereocenters. The second-order valence-electron chi connectivity index (χ2n) is 3.89. The van der Waals surface area contributed by atoms with Crippen LogP contribution in [-0.4, -0.2) is 33.0 Å². The highest BCUT2D eigenvalue weighted by atomic mass is 35.5. The first-order chi connectivity index (χ1) is 7.75. The number of halogens is 1. The van der Waals surface area contributed by atoms with Crippen LogP contribution >= 0.6 is 11.6 Å². The summed E-state index contributed by atoms with van der Waals surface area (Å²) in [5, 5.41) is 4.00. The van der Waals surface area contributed by atoms with Gasteiger partial charge in [0.25, 0.3) is 0 Å². The summed E-state index contributed by atoms with van der Waals surface area (Å²) in [7, 11) is -1.07. The van der Waals surface area contributed by atoms with E-state index in [1.54, 1.807) is 12.3 Å². The van der Waals surface area contributed by atoms with Gasteiger partial charge in [-0.3, -0.25) is 4.21 Å². The minimum absolute atomic E-state index is 0.160. The zero-order valence-electron chi connectivity index (χ0n) is 8.86. The molecule has 88 valence electrons. The zero-order valence-corrected chi connectivity index (χ0v) is 10.4. The van der Waals surface area contributed by atoms with Gasteiger partial charge in [0.15, 0.2) is 0 Å². The molecule has 1 fully saturated rings. The summed E-state index contributed by atoms with van der Waals surface area (Å²) in [6, 6.07) is 1.66. The van der Waals surface area contributed by atoms with Crippen molar-refractivity contribution in [3.63, 3.8) is 0 Å². The molecule has 0 spiro atoms. The average Bonchev–Trinajstić information content (AvgIpc) is 2.30. The topological polar surface area (TPSA) is 54.9 Å². The van der Waals surface area contributed by atoms with Gasteiger partial charge in [0.05, 0.1) is 10.8 Å². The zero-order chi connectivity index (χ0) is 11.4. The van der Waals surface area contributed by atoms with Crippen molar-refractivity contribution in [2.24, 2.45) is 5.92 Å². The lowest BCUT2D eigenvalue weighted by atomic mass is 10.0. The number of hydrogen-bond acceptors (Lipinski definition) is 4. The van der Waals surface area contributed by atoms with Gasteiger partial charge in [-0.15, -0.1) is 0 Å². The fourth-order valence-corrected chi connectivity index (χ4v) is 3.29. The highest BCUT2D eigenvalue weighted by Crippen LogP contribution is 2.15. The van der Waals surface area contributed by atoms with Crippen LogP contribution in [0.4, 0.5) is 0 Å². The standard InChI is InChI=1S/C10H14ClN3OS/c11-10-13-5-3-9(14-10)16(15)7-8-2-1-4-12-6-8/h3,5,8,12H,1-2,4,6-7H2/t8-,16+/m1/s1. The van der Waals surface area contributed by atoms with Crippen LogP contribution in [0, 0.1) is 5.92 Å². The Labute approximate surface area is 102 Å². The van der Waals surface area contributed by atoms with Crippen LogP contribution in [0.5, 0.6) is 0 Å². The van der Waals surface area contributed by atoms with E-state index in [9.17, 15) is 4.21 Å². The molecule has 0 bridgehead atoms. The first kappa shape index (κ1) is 12.0. The first-order valence-corrected chi connectivity index (χ1v) is 7.03. The van der Waals surface area contributed by atoms with E-state index in [4.69, 9.17) is 11.6 Å². The van der Waals surface area contributed by atoms with Gasteiger partial charge in [0, 0.05) is 11.9 Å². The smallest absolute Gasteiger partial charge is 0.223 e. The van der Waals surface area contributed by atoms with Gasteiger partial charge in [-0.25, -0.2) is 9.97 Å². The Morgan fingerprint density at radius 2 is 2.50 bits per heavy atom. The fraction of sp³-hybridized carbons (Fsp3) is 0.600. The monoisotopic (exact) mass is 259 g/mol. The van der Waals surface area contributed by atoms with E-state index in [0.29, 0.717) is 16.7 Å². The molecule has 1 N–H and O–H groups in total. The minimum Gasteiger partial charge on any atom is -0.316 e. The van der Waals surface area contributed by atoms with Crippen LogP contribution in [0.15, 0.2) is 17.3 Å². The molecule has 16 heavy (non-hydrogen) atoms. The summed E-state index contributed by atoms with van der Waals surface area (Å²) in [5.41, 5.74) is 0. The molecule has 0 saturated carbocycles. The summed E-state index contributed by atoms with van der Waals surface area (Å²) >= 11 is 5.66. The third kappa shape index (κ3) is 3.23. The van der Waals surface area contributed by atoms with Crippen LogP contribution in [-0.2, 0) is 10.8 Å². The van der Waals surface area contributed by atoms with E-state index in [0.717, 1.165) is 25.9 Å². The first-order valence-electron chi connectivity index (χ1n) is 5.33. The van der Waals surface area contributed by atoms with Gasteiger partial charge in [0.2, 0.25) is 5.28 Å². The molecule has 0 aliphatic carbocycles. The summed E-state index contributed by atoms with van der Waals surface area (Å²) in [4.78, 5) is 7.75. The second kappa shape index (κ2) is 5.70. The Kier molecular flexibility index (Phi) is 4.26. The molecule has 1 saturated heterocycles. The number of nitrogens with zero attached hydrogens (tertiary/aromatic N) is 2. The third-order valence-electron chi connectivity index (χ3n) is 2.62. The van der Waals surface area contributed by atoms with Crippen molar-refractivity contribution in [3.05, 3.63) is 17.5 Å². The summed E-state index contributed by atoms with van der Waals surface area (Å²) in [5.74, 6) is 1.13. The number of hydrogen-bond donors (Lipinski definition) is 1. The molecule has 2 heterocycles. The maximum atomic E-state index is 12.0. The minimum atomic E-state index is -1.07. The molecule has 2 rings (SSSR count). The van der Waals surface area contributed by atoms with Crippen LogP contribution < -0.4 is 5.32 Å². The molecular weight excluding hydrogens is 246 g/mol. The lowest BCUT2D eigenvalue weighted by molar-refractivity contribution is 0.408. The van der Waals surface area contributed by atoms with E-state index in [-0.39, 0.29) is 5.28 Å². The molecule has 1 aromatic heterocycles. The fourth-order valence-electron chi connectivity index (χ4n) is 1.81. The lowest BCUT2D eigenvalue weighted by Crippen LogP contribution is -2.32. The Balaban J connectivity index is 1.97. The molecule has 1 aliphatic rings. The van der Waals surface area contributed by atoms with Gasteiger partial charge < -0.3 is 5.32 Å². The molecule has 1 aliphatic heterocycles. The van der Waals surface area contributed by atoms with Crippen LogP contribution in [0.2, 0.25) is 5.28 Å². The Hall–Kier alpha value is -0.520.